The average molecular weight is 346 g/mol. The summed E-state index contributed by atoms with van der Waals surface area (Å²) in [5.41, 5.74) is 1.18. The fraction of sp³-hybridized carbons (Fsp3) is 0.526. The van der Waals surface area contributed by atoms with Crippen LogP contribution >= 0.6 is 0 Å². The van der Waals surface area contributed by atoms with E-state index in [0.717, 1.165) is 37.3 Å². The molecule has 0 unspecified atom stereocenters. The summed E-state index contributed by atoms with van der Waals surface area (Å²) in [5.74, 6) is -0.252. The van der Waals surface area contributed by atoms with Gasteiger partial charge < -0.3 is 5.32 Å². The Morgan fingerprint density at radius 2 is 1.88 bits per heavy atom. The molecule has 1 aromatic heterocycles. The van der Waals surface area contributed by atoms with Crippen molar-refractivity contribution in [2.24, 2.45) is 5.92 Å². The maximum absolute atomic E-state index is 13.9. The molecular formula is C19H24F2N4. The summed E-state index contributed by atoms with van der Waals surface area (Å²) < 4.78 is 28.4. The van der Waals surface area contributed by atoms with Crippen molar-refractivity contribution < 1.29 is 8.78 Å². The number of hydrogen-bond donors (Lipinski definition) is 1. The number of aromatic nitrogens is 2. The number of rotatable bonds is 6. The minimum Gasteiger partial charge on any atom is -0.314 e. The predicted octanol–water partition coefficient (Wildman–Crippen LogP) is 3.11. The first kappa shape index (κ1) is 16.7. The lowest BCUT2D eigenvalue weighted by Gasteiger charge is -2.32. The molecule has 1 aromatic carbocycles. The van der Waals surface area contributed by atoms with Crippen molar-refractivity contribution in [3.05, 3.63) is 47.8 Å². The molecule has 4 nitrogen and oxygen atoms in total. The molecule has 2 heterocycles. The quantitative estimate of drug-likeness (QED) is 0.872. The van der Waals surface area contributed by atoms with Crippen molar-refractivity contribution in [2.75, 3.05) is 19.6 Å². The SMILES string of the molecule is Fc1ccc(-n2ccc(CN3CCC(NCC4CC4)CC3)n2)c(F)c1. The highest BCUT2D eigenvalue weighted by Gasteiger charge is 2.24. The van der Waals surface area contributed by atoms with Gasteiger partial charge in [-0.3, -0.25) is 4.90 Å². The summed E-state index contributed by atoms with van der Waals surface area (Å²) in [6.45, 7) is 4.06. The molecular weight excluding hydrogens is 322 g/mol. The van der Waals surface area contributed by atoms with Crippen LogP contribution in [0.3, 0.4) is 0 Å². The first-order valence-electron chi connectivity index (χ1n) is 9.13. The van der Waals surface area contributed by atoms with Gasteiger partial charge in [0.1, 0.15) is 11.5 Å². The van der Waals surface area contributed by atoms with Gasteiger partial charge in [0.2, 0.25) is 0 Å². The van der Waals surface area contributed by atoms with Gasteiger partial charge in [-0.25, -0.2) is 13.5 Å². The Hall–Kier alpha value is -1.79. The van der Waals surface area contributed by atoms with Gasteiger partial charge in [0.25, 0.3) is 0 Å². The second kappa shape index (κ2) is 7.22. The molecule has 0 radical (unpaired) electrons. The minimum atomic E-state index is -0.600. The average Bonchev–Trinajstić information content (AvgIpc) is 3.32. The fourth-order valence-corrected chi connectivity index (χ4v) is 3.43. The number of likely N-dealkylation sites (tertiary alicyclic amines) is 1. The molecule has 1 aliphatic heterocycles. The molecule has 0 spiro atoms. The zero-order valence-electron chi connectivity index (χ0n) is 14.3. The Kier molecular flexibility index (Phi) is 4.81. The normalized spacial score (nSPS) is 19.4. The van der Waals surface area contributed by atoms with E-state index in [1.165, 1.54) is 49.0 Å². The summed E-state index contributed by atoms with van der Waals surface area (Å²) in [7, 11) is 0. The monoisotopic (exact) mass is 346 g/mol. The second-order valence-electron chi connectivity index (χ2n) is 7.25. The van der Waals surface area contributed by atoms with Gasteiger partial charge >= 0.3 is 0 Å². The molecule has 4 rings (SSSR count). The topological polar surface area (TPSA) is 33.1 Å². The van der Waals surface area contributed by atoms with Crippen LogP contribution < -0.4 is 5.32 Å². The molecule has 2 aliphatic rings. The number of halogens is 2. The lowest BCUT2D eigenvalue weighted by molar-refractivity contribution is 0.188. The molecule has 2 fully saturated rings. The van der Waals surface area contributed by atoms with Gasteiger partial charge in [-0.2, -0.15) is 5.10 Å². The summed E-state index contributed by atoms with van der Waals surface area (Å²) in [4.78, 5) is 2.39. The molecule has 1 N–H and O–H groups in total. The number of nitrogens with one attached hydrogen (secondary N) is 1. The van der Waals surface area contributed by atoms with Crippen LogP contribution in [0.5, 0.6) is 0 Å². The van der Waals surface area contributed by atoms with Crippen LogP contribution in [0.1, 0.15) is 31.4 Å². The Balaban J connectivity index is 1.31. The molecule has 0 atom stereocenters. The van der Waals surface area contributed by atoms with E-state index in [1.54, 1.807) is 6.20 Å². The highest BCUT2D eigenvalue weighted by atomic mass is 19.1. The highest BCUT2D eigenvalue weighted by Crippen LogP contribution is 2.28. The van der Waals surface area contributed by atoms with Crippen LogP contribution in [0.15, 0.2) is 30.5 Å². The molecule has 0 amide bonds. The van der Waals surface area contributed by atoms with E-state index in [2.05, 4.69) is 15.3 Å². The summed E-state index contributed by atoms with van der Waals surface area (Å²) >= 11 is 0. The van der Waals surface area contributed by atoms with Gasteiger partial charge in [0.05, 0.1) is 5.69 Å². The zero-order valence-corrected chi connectivity index (χ0v) is 14.3. The predicted molar refractivity (Wildman–Crippen MR) is 92.5 cm³/mol. The molecule has 2 aromatic rings. The number of benzene rings is 1. The Bertz CT molecular complexity index is 718. The van der Waals surface area contributed by atoms with E-state index < -0.39 is 11.6 Å². The largest absolute Gasteiger partial charge is 0.314 e. The third-order valence-electron chi connectivity index (χ3n) is 5.17. The molecule has 0 bridgehead atoms. The van der Waals surface area contributed by atoms with Gasteiger partial charge in [0, 0.05) is 37.9 Å². The Morgan fingerprint density at radius 1 is 1.08 bits per heavy atom. The number of hydrogen-bond acceptors (Lipinski definition) is 3. The first-order chi connectivity index (χ1) is 12.2. The standard InChI is InChI=1S/C19H24F2N4/c20-15-3-4-19(18(21)11-15)25-10-7-17(23-25)13-24-8-5-16(6-9-24)22-12-14-1-2-14/h3-4,7,10-11,14,16,22H,1-2,5-6,8-9,12-13H2. The van der Waals surface area contributed by atoms with E-state index in [9.17, 15) is 8.78 Å². The summed E-state index contributed by atoms with van der Waals surface area (Å²) in [6.07, 6.45) is 6.85. The zero-order chi connectivity index (χ0) is 17.2. The van der Waals surface area contributed by atoms with Crippen LogP contribution in [-0.2, 0) is 6.54 Å². The fourth-order valence-electron chi connectivity index (χ4n) is 3.43. The van der Waals surface area contributed by atoms with Gasteiger partial charge in [-0.05, 0) is 56.3 Å². The van der Waals surface area contributed by atoms with Crippen molar-refractivity contribution in [3.8, 4) is 5.69 Å². The van der Waals surface area contributed by atoms with E-state index in [1.807, 2.05) is 6.07 Å². The van der Waals surface area contributed by atoms with Crippen molar-refractivity contribution in [1.82, 2.24) is 20.0 Å². The van der Waals surface area contributed by atoms with Crippen molar-refractivity contribution in [3.63, 3.8) is 0 Å². The van der Waals surface area contributed by atoms with Gasteiger partial charge in [-0.1, -0.05) is 0 Å². The maximum atomic E-state index is 13.9. The van der Waals surface area contributed by atoms with Crippen LogP contribution in [-0.4, -0.2) is 40.4 Å². The van der Waals surface area contributed by atoms with Crippen LogP contribution in [0.4, 0.5) is 8.78 Å². The van der Waals surface area contributed by atoms with Crippen LogP contribution in [0.2, 0.25) is 0 Å². The van der Waals surface area contributed by atoms with E-state index >= 15 is 0 Å². The second-order valence-corrected chi connectivity index (χ2v) is 7.25. The molecule has 25 heavy (non-hydrogen) atoms. The Labute approximate surface area is 146 Å². The lowest BCUT2D eigenvalue weighted by Crippen LogP contribution is -2.42. The van der Waals surface area contributed by atoms with Crippen molar-refractivity contribution in [2.45, 2.75) is 38.3 Å². The third-order valence-corrected chi connectivity index (χ3v) is 5.17. The molecule has 1 saturated heterocycles. The van der Waals surface area contributed by atoms with Crippen LogP contribution in [0, 0.1) is 17.6 Å². The summed E-state index contributed by atoms with van der Waals surface area (Å²) in [6, 6.07) is 6.09. The molecule has 1 aliphatic carbocycles. The lowest BCUT2D eigenvalue weighted by atomic mass is 10.0. The van der Waals surface area contributed by atoms with Crippen LogP contribution in [0.25, 0.3) is 5.69 Å². The number of piperidine rings is 1. The molecule has 6 heteroatoms. The van der Waals surface area contributed by atoms with E-state index in [4.69, 9.17) is 0 Å². The first-order valence-corrected chi connectivity index (χ1v) is 9.13. The molecule has 134 valence electrons. The smallest absolute Gasteiger partial charge is 0.151 e. The number of nitrogens with zero attached hydrogens (tertiary/aromatic N) is 3. The van der Waals surface area contributed by atoms with Gasteiger partial charge in [-0.15, -0.1) is 0 Å². The van der Waals surface area contributed by atoms with Gasteiger partial charge in [0.15, 0.2) is 5.82 Å². The third kappa shape index (κ3) is 4.25. The van der Waals surface area contributed by atoms with Crippen molar-refractivity contribution >= 4 is 0 Å². The van der Waals surface area contributed by atoms with E-state index in [-0.39, 0.29) is 5.69 Å². The minimum absolute atomic E-state index is 0.274. The molecule has 1 saturated carbocycles. The summed E-state index contributed by atoms with van der Waals surface area (Å²) in [5, 5.41) is 8.13. The maximum Gasteiger partial charge on any atom is 0.151 e. The Morgan fingerprint density at radius 3 is 2.60 bits per heavy atom. The van der Waals surface area contributed by atoms with Crippen molar-refractivity contribution in [1.29, 1.82) is 0 Å². The van der Waals surface area contributed by atoms with E-state index in [0.29, 0.717) is 6.04 Å². The highest BCUT2D eigenvalue weighted by molar-refractivity contribution is 5.33.